The van der Waals surface area contributed by atoms with E-state index in [1.54, 1.807) is 16.8 Å². The van der Waals surface area contributed by atoms with Crippen LogP contribution >= 0.6 is 0 Å². The van der Waals surface area contributed by atoms with Crippen LogP contribution in [0, 0.1) is 0 Å². The molecule has 7 nitrogen and oxygen atoms in total. The van der Waals surface area contributed by atoms with Gasteiger partial charge in [0.1, 0.15) is 29.3 Å². The van der Waals surface area contributed by atoms with Crippen LogP contribution in [0.3, 0.4) is 0 Å². The summed E-state index contributed by atoms with van der Waals surface area (Å²) in [6.45, 7) is 0. The molecule has 0 atom stereocenters. The molecule has 0 aliphatic carbocycles. The van der Waals surface area contributed by atoms with Gasteiger partial charge in [0.25, 0.3) is 5.91 Å². The summed E-state index contributed by atoms with van der Waals surface area (Å²) in [7, 11) is 1.42. The van der Waals surface area contributed by atoms with E-state index in [4.69, 9.17) is 4.74 Å². The average Bonchev–Trinajstić information content (AvgIpc) is 3.15. The highest BCUT2D eigenvalue weighted by Crippen LogP contribution is 2.29. The minimum Gasteiger partial charge on any atom is -0.497 e. The van der Waals surface area contributed by atoms with Crippen molar-refractivity contribution in [1.82, 2.24) is 19.5 Å². The van der Waals surface area contributed by atoms with Gasteiger partial charge in [0.2, 0.25) is 0 Å². The Morgan fingerprint density at radius 1 is 1.23 bits per heavy atom. The minimum atomic E-state index is -4.61. The molecule has 0 bridgehead atoms. The summed E-state index contributed by atoms with van der Waals surface area (Å²) in [5.74, 6) is 0.0434. The molecule has 0 aliphatic heterocycles. The molecule has 0 fully saturated rings. The second kappa shape index (κ2) is 6.82. The molecule has 0 saturated heterocycles. The van der Waals surface area contributed by atoms with Crippen LogP contribution in [0.15, 0.2) is 49.2 Å². The number of hydrogen-bond acceptors (Lipinski definition) is 5. The molecule has 3 aromatic heterocycles. The quantitative estimate of drug-likeness (QED) is 0.771. The summed E-state index contributed by atoms with van der Waals surface area (Å²) in [6, 6.07) is 4.97. The van der Waals surface area contributed by atoms with Crippen molar-refractivity contribution in [2.45, 2.75) is 6.18 Å². The Morgan fingerprint density at radius 2 is 2.04 bits per heavy atom. The van der Waals surface area contributed by atoms with Crippen LogP contribution in [0.25, 0.3) is 5.82 Å². The van der Waals surface area contributed by atoms with Gasteiger partial charge in [-0.15, -0.1) is 0 Å². The SMILES string of the molecule is COc1cc(C(=O)Nc2ccnc(C(F)(F)F)c2)nc(-n2ccnc2)c1. The first-order valence-corrected chi connectivity index (χ1v) is 7.26. The smallest absolute Gasteiger partial charge is 0.433 e. The zero-order valence-corrected chi connectivity index (χ0v) is 13.4. The second-order valence-corrected chi connectivity index (χ2v) is 5.10. The topological polar surface area (TPSA) is 81.9 Å². The van der Waals surface area contributed by atoms with E-state index in [-0.39, 0.29) is 11.4 Å². The van der Waals surface area contributed by atoms with Crippen LogP contribution in [0.5, 0.6) is 5.75 Å². The van der Waals surface area contributed by atoms with Crippen molar-refractivity contribution in [3.05, 3.63) is 60.6 Å². The van der Waals surface area contributed by atoms with Gasteiger partial charge in [0.15, 0.2) is 0 Å². The van der Waals surface area contributed by atoms with E-state index >= 15 is 0 Å². The normalized spacial score (nSPS) is 11.2. The van der Waals surface area contributed by atoms with Gasteiger partial charge in [0, 0.05) is 36.4 Å². The summed E-state index contributed by atoms with van der Waals surface area (Å²) >= 11 is 0. The van der Waals surface area contributed by atoms with E-state index in [2.05, 4.69) is 20.3 Å². The Hall–Kier alpha value is -3.43. The summed E-state index contributed by atoms with van der Waals surface area (Å²) in [5, 5.41) is 2.37. The molecular weight excluding hydrogens is 351 g/mol. The molecule has 0 spiro atoms. The minimum absolute atomic E-state index is 0.0292. The van der Waals surface area contributed by atoms with E-state index in [0.29, 0.717) is 11.6 Å². The number of nitrogens with zero attached hydrogens (tertiary/aromatic N) is 4. The molecule has 0 radical (unpaired) electrons. The van der Waals surface area contributed by atoms with Crippen molar-refractivity contribution in [3.63, 3.8) is 0 Å². The number of anilines is 1. The lowest BCUT2D eigenvalue weighted by molar-refractivity contribution is -0.141. The number of methoxy groups -OCH3 is 1. The van der Waals surface area contributed by atoms with Crippen LogP contribution in [0.1, 0.15) is 16.2 Å². The number of amides is 1. The fourth-order valence-electron chi connectivity index (χ4n) is 2.11. The molecule has 0 aliphatic rings. The number of hydrogen-bond donors (Lipinski definition) is 1. The maximum absolute atomic E-state index is 12.7. The molecule has 0 saturated carbocycles. The molecule has 10 heteroatoms. The van der Waals surface area contributed by atoms with Gasteiger partial charge in [-0.2, -0.15) is 13.2 Å². The molecule has 0 unspecified atom stereocenters. The van der Waals surface area contributed by atoms with E-state index in [0.717, 1.165) is 12.3 Å². The zero-order valence-electron chi connectivity index (χ0n) is 13.4. The monoisotopic (exact) mass is 363 g/mol. The molecule has 3 aromatic rings. The van der Waals surface area contributed by atoms with Crippen molar-refractivity contribution < 1.29 is 22.7 Å². The first-order chi connectivity index (χ1) is 12.4. The molecule has 3 rings (SSSR count). The Bertz CT molecular complexity index is 926. The van der Waals surface area contributed by atoms with Crippen LogP contribution in [-0.2, 0) is 6.18 Å². The molecule has 1 N–H and O–H groups in total. The third-order valence-corrected chi connectivity index (χ3v) is 3.33. The van der Waals surface area contributed by atoms with E-state index in [9.17, 15) is 18.0 Å². The Morgan fingerprint density at radius 3 is 2.69 bits per heavy atom. The number of aromatic nitrogens is 4. The van der Waals surface area contributed by atoms with Crippen LogP contribution in [0.4, 0.5) is 18.9 Å². The maximum atomic E-state index is 12.7. The highest BCUT2D eigenvalue weighted by Gasteiger charge is 2.32. The number of pyridine rings is 2. The number of alkyl halides is 3. The third-order valence-electron chi connectivity index (χ3n) is 3.33. The van der Waals surface area contributed by atoms with Gasteiger partial charge in [-0.1, -0.05) is 0 Å². The molecule has 1 amide bonds. The van der Waals surface area contributed by atoms with E-state index in [1.807, 2.05) is 0 Å². The van der Waals surface area contributed by atoms with Crippen molar-refractivity contribution in [2.24, 2.45) is 0 Å². The highest BCUT2D eigenvalue weighted by atomic mass is 19.4. The van der Waals surface area contributed by atoms with Gasteiger partial charge in [-0.05, 0) is 12.1 Å². The third kappa shape index (κ3) is 3.79. The number of ether oxygens (including phenoxy) is 1. The van der Waals surface area contributed by atoms with Crippen molar-refractivity contribution in [1.29, 1.82) is 0 Å². The average molecular weight is 363 g/mol. The summed E-state index contributed by atoms with van der Waals surface area (Å²) in [4.78, 5) is 23.7. The predicted molar refractivity (Wildman–Crippen MR) is 85.1 cm³/mol. The van der Waals surface area contributed by atoms with Gasteiger partial charge < -0.3 is 10.1 Å². The molecule has 3 heterocycles. The second-order valence-electron chi connectivity index (χ2n) is 5.10. The Labute approximate surface area is 145 Å². The number of rotatable bonds is 4. The maximum Gasteiger partial charge on any atom is 0.433 e. The van der Waals surface area contributed by atoms with Gasteiger partial charge in [0.05, 0.1) is 7.11 Å². The summed E-state index contributed by atoms with van der Waals surface area (Å²) < 4.78 is 44.9. The van der Waals surface area contributed by atoms with Crippen LogP contribution < -0.4 is 10.1 Å². The highest BCUT2D eigenvalue weighted by molar-refractivity contribution is 6.03. The molecule has 26 heavy (non-hydrogen) atoms. The summed E-state index contributed by atoms with van der Waals surface area (Å²) in [5.41, 5.74) is -1.18. The Kier molecular flexibility index (Phi) is 4.57. The first kappa shape index (κ1) is 17.4. The molecule has 134 valence electrons. The van der Waals surface area contributed by atoms with Crippen LogP contribution in [0.2, 0.25) is 0 Å². The number of carbonyl (C=O) groups excluding carboxylic acids is 1. The van der Waals surface area contributed by atoms with E-state index < -0.39 is 17.8 Å². The van der Waals surface area contributed by atoms with Gasteiger partial charge in [-0.25, -0.2) is 9.97 Å². The zero-order chi connectivity index (χ0) is 18.7. The standard InChI is InChI=1S/C16H12F3N5O2/c1-26-11-7-12(23-14(8-11)24-5-4-20-9-24)15(25)22-10-2-3-21-13(6-10)16(17,18)19/h2-9H,1H3,(H,21,22,25). The van der Waals surface area contributed by atoms with E-state index in [1.165, 1.54) is 31.8 Å². The lowest BCUT2D eigenvalue weighted by Gasteiger charge is -2.11. The van der Waals surface area contributed by atoms with Crippen LogP contribution in [-0.4, -0.2) is 32.5 Å². The lowest BCUT2D eigenvalue weighted by Crippen LogP contribution is -2.16. The summed E-state index contributed by atoms with van der Waals surface area (Å²) in [6.07, 6.45) is 1.01. The fraction of sp³-hybridized carbons (Fsp3) is 0.125. The van der Waals surface area contributed by atoms with Gasteiger partial charge in [-0.3, -0.25) is 14.3 Å². The number of halogens is 3. The number of nitrogens with one attached hydrogen (secondary N) is 1. The number of carbonyl (C=O) groups is 1. The fourth-order valence-corrected chi connectivity index (χ4v) is 2.11. The Balaban J connectivity index is 1.89. The van der Waals surface area contributed by atoms with Crippen molar-refractivity contribution >= 4 is 11.6 Å². The van der Waals surface area contributed by atoms with Gasteiger partial charge >= 0.3 is 6.18 Å². The molecule has 0 aromatic carbocycles. The predicted octanol–water partition coefficient (Wildman–Crippen LogP) is 2.94. The number of imidazole rings is 1. The van der Waals surface area contributed by atoms with Crippen molar-refractivity contribution in [3.8, 4) is 11.6 Å². The first-order valence-electron chi connectivity index (χ1n) is 7.26. The van der Waals surface area contributed by atoms with Crippen molar-refractivity contribution in [2.75, 3.05) is 12.4 Å². The molecular formula is C16H12F3N5O2. The largest absolute Gasteiger partial charge is 0.497 e. The lowest BCUT2D eigenvalue weighted by atomic mass is 10.2.